The van der Waals surface area contributed by atoms with Crippen molar-refractivity contribution in [3.63, 3.8) is 0 Å². The summed E-state index contributed by atoms with van der Waals surface area (Å²) >= 11 is 0. The van der Waals surface area contributed by atoms with Crippen molar-refractivity contribution in [3.05, 3.63) is 35.9 Å². The highest BCUT2D eigenvalue weighted by molar-refractivity contribution is 5.94. The Hall–Kier alpha value is -1.88. The van der Waals surface area contributed by atoms with Crippen molar-refractivity contribution in [1.82, 2.24) is 14.7 Å². The second kappa shape index (κ2) is 8.11. The molecule has 5 nitrogen and oxygen atoms in total. The van der Waals surface area contributed by atoms with Crippen LogP contribution < -0.4 is 0 Å². The molecule has 1 aromatic carbocycles. The Balaban J connectivity index is 1.89. The lowest BCUT2D eigenvalue weighted by Crippen LogP contribution is -2.59. The van der Waals surface area contributed by atoms with Gasteiger partial charge in [-0.2, -0.15) is 0 Å². The fourth-order valence-electron chi connectivity index (χ4n) is 2.92. The van der Waals surface area contributed by atoms with E-state index in [2.05, 4.69) is 4.90 Å². The number of carbonyl (C=O) groups excluding carboxylic acids is 2. The summed E-state index contributed by atoms with van der Waals surface area (Å²) in [6, 6.07) is 9.71. The summed E-state index contributed by atoms with van der Waals surface area (Å²) < 4.78 is 0. The van der Waals surface area contributed by atoms with Gasteiger partial charge in [0.15, 0.2) is 0 Å². The number of rotatable bonds is 7. The van der Waals surface area contributed by atoms with Gasteiger partial charge in [-0.05, 0) is 46.0 Å². The van der Waals surface area contributed by atoms with Crippen molar-refractivity contribution in [1.29, 1.82) is 0 Å². The molecule has 1 saturated heterocycles. The number of benzene rings is 1. The Morgan fingerprint density at radius 1 is 1.13 bits per heavy atom. The molecular formula is C18H27N3O2. The Bertz CT molecular complexity index is 530. The Morgan fingerprint density at radius 2 is 1.83 bits per heavy atom. The lowest BCUT2D eigenvalue weighted by molar-refractivity contribution is -0.155. The molecule has 0 N–H and O–H groups in total. The third-order valence-electron chi connectivity index (χ3n) is 4.30. The lowest BCUT2D eigenvalue weighted by atomic mass is 10.1. The van der Waals surface area contributed by atoms with Gasteiger partial charge in [0.2, 0.25) is 11.8 Å². The quantitative estimate of drug-likeness (QED) is 0.760. The predicted octanol–water partition coefficient (Wildman–Crippen LogP) is 1.24. The molecular weight excluding hydrogens is 290 g/mol. The monoisotopic (exact) mass is 317 g/mol. The van der Waals surface area contributed by atoms with E-state index in [1.54, 1.807) is 9.80 Å². The van der Waals surface area contributed by atoms with Crippen LogP contribution in [0.25, 0.3) is 0 Å². The number of hydrogen-bond acceptors (Lipinski definition) is 3. The van der Waals surface area contributed by atoms with E-state index in [4.69, 9.17) is 0 Å². The molecule has 0 bridgehead atoms. The van der Waals surface area contributed by atoms with Gasteiger partial charge in [0.05, 0.1) is 6.54 Å². The van der Waals surface area contributed by atoms with Gasteiger partial charge in [-0.1, -0.05) is 30.3 Å². The van der Waals surface area contributed by atoms with Crippen LogP contribution in [0.15, 0.2) is 30.3 Å². The van der Waals surface area contributed by atoms with Crippen LogP contribution in [0.4, 0.5) is 0 Å². The summed E-state index contributed by atoms with van der Waals surface area (Å²) in [5, 5.41) is 0. The molecule has 126 valence electrons. The maximum absolute atomic E-state index is 12.5. The molecule has 0 spiro atoms. The van der Waals surface area contributed by atoms with Crippen LogP contribution in [0.1, 0.15) is 18.9 Å². The highest BCUT2D eigenvalue weighted by Crippen LogP contribution is 2.14. The van der Waals surface area contributed by atoms with Crippen molar-refractivity contribution >= 4 is 11.8 Å². The van der Waals surface area contributed by atoms with Crippen LogP contribution in [0.5, 0.6) is 0 Å². The van der Waals surface area contributed by atoms with E-state index in [9.17, 15) is 9.59 Å². The molecule has 1 aliphatic heterocycles. The van der Waals surface area contributed by atoms with Crippen molar-refractivity contribution in [2.75, 3.05) is 40.3 Å². The van der Waals surface area contributed by atoms with Gasteiger partial charge in [0, 0.05) is 13.1 Å². The van der Waals surface area contributed by atoms with Crippen molar-refractivity contribution in [3.8, 4) is 0 Å². The molecule has 2 rings (SSSR count). The van der Waals surface area contributed by atoms with Crippen LogP contribution >= 0.6 is 0 Å². The molecule has 0 aromatic heterocycles. The minimum absolute atomic E-state index is 0.0592. The minimum atomic E-state index is -0.353. The summed E-state index contributed by atoms with van der Waals surface area (Å²) in [4.78, 5) is 30.4. The van der Waals surface area contributed by atoms with Crippen LogP contribution in [0, 0.1) is 0 Å². The second-order valence-electron chi connectivity index (χ2n) is 6.42. The molecule has 1 heterocycles. The summed E-state index contributed by atoms with van der Waals surface area (Å²) in [5.74, 6) is 0.120. The number of carbonyl (C=O) groups is 2. The van der Waals surface area contributed by atoms with Gasteiger partial charge >= 0.3 is 0 Å². The van der Waals surface area contributed by atoms with Crippen molar-refractivity contribution in [2.24, 2.45) is 0 Å². The molecule has 1 aromatic rings. The average molecular weight is 317 g/mol. The van der Waals surface area contributed by atoms with Gasteiger partial charge in [-0.15, -0.1) is 0 Å². The first kappa shape index (κ1) is 17.5. The van der Waals surface area contributed by atoms with E-state index in [0.717, 1.165) is 19.4 Å². The lowest BCUT2D eigenvalue weighted by Gasteiger charge is -2.39. The minimum Gasteiger partial charge on any atom is -0.331 e. The number of amides is 2. The second-order valence-corrected chi connectivity index (χ2v) is 6.42. The van der Waals surface area contributed by atoms with Crippen LogP contribution in [0.3, 0.4) is 0 Å². The van der Waals surface area contributed by atoms with E-state index in [-0.39, 0.29) is 24.4 Å². The zero-order valence-corrected chi connectivity index (χ0v) is 14.4. The van der Waals surface area contributed by atoms with E-state index < -0.39 is 0 Å². The molecule has 1 atom stereocenters. The fraction of sp³-hybridized carbons (Fsp3) is 0.556. The molecule has 1 fully saturated rings. The summed E-state index contributed by atoms with van der Waals surface area (Å²) in [5.41, 5.74) is 1.19. The zero-order valence-electron chi connectivity index (χ0n) is 14.4. The standard InChI is InChI=1S/C18H27N3O2/c1-15-18(23)20(13-10-16-8-5-4-6-9-16)14-17(22)21(15)12-7-11-19(2)3/h4-6,8-9,15H,7,10-14H2,1-3H3/t15-/m0/s1. The van der Waals surface area contributed by atoms with Gasteiger partial charge in [0.25, 0.3) is 0 Å². The largest absolute Gasteiger partial charge is 0.331 e. The molecule has 0 aliphatic carbocycles. The van der Waals surface area contributed by atoms with Gasteiger partial charge in [-0.25, -0.2) is 0 Å². The van der Waals surface area contributed by atoms with Crippen LogP contribution in [-0.4, -0.2) is 72.8 Å². The maximum atomic E-state index is 12.5. The molecule has 0 radical (unpaired) electrons. The third kappa shape index (κ3) is 4.79. The maximum Gasteiger partial charge on any atom is 0.245 e. The van der Waals surface area contributed by atoms with Gasteiger partial charge < -0.3 is 14.7 Å². The summed E-state index contributed by atoms with van der Waals surface area (Å²) in [6.07, 6.45) is 1.67. The van der Waals surface area contributed by atoms with E-state index in [1.165, 1.54) is 5.56 Å². The SMILES string of the molecule is C[C@H]1C(=O)N(CCc2ccccc2)CC(=O)N1CCCN(C)C. The smallest absolute Gasteiger partial charge is 0.245 e. The van der Waals surface area contributed by atoms with Crippen LogP contribution in [-0.2, 0) is 16.0 Å². The molecule has 1 aliphatic rings. The Morgan fingerprint density at radius 3 is 2.48 bits per heavy atom. The van der Waals surface area contributed by atoms with Crippen molar-refractivity contribution < 1.29 is 9.59 Å². The molecule has 23 heavy (non-hydrogen) atoms. The topological polar surface area (TPSA) is 43.9 Å². The number of nitrogens with zero attached hydrogens (tertiary/aromatic N) is 3. The number of hydrogen-bond donors (Lipinski definition) is 0. The normalized spacial score (nSPS) is 18.9. The van der Waals surface area contributed by atoms with Crippen molar-refractivity contribution in [2.45, 2.75) is 25.8 Å². The van der Waals surface area contributed by atoms with E-state index in [0.29, 0.717) is 13.1 Å². The third-order valence-corrected chi connectivity index (χ3v) is 4.30. The van der Waals surface area contributed by atoms with Gasteiger partial charge in [-0.3, -0.25) is 9.59 Å². The molecule has 0 saturated carbocycles. The first-order valence-corrected chi connectivity index (χ1v) is 8.26. The highest BCUT2D eigenvalue weighted by atomic mass is 16.2. The summed E-state index contributed by atoms with van der Waals surface area (Å²) in [7, 11) is 4.02. The fourth-order valence-corrected chi connectivity index (χ4v) is 2.92. The summed E-state index contributed by atoms with van der Waals surface area (Å²) in [6.45, 7) is 4.21. The Kier molecular flexibility index (Phi) is 6.16. The van der Waals surface area contributed by atoms with E-state index in [1.807, 2.05) is 51.4 Å². The van der Waals surface area contributed by atoms with Crippen LogP contribution in [0.2, 0.25) is 0 Å². The zero-order chi connectivity index (χ0) is 16.8. The number of piperazine rings is 1. The Labute approximate surface area is 138 Å². The van der Waals surface area contributed by atoms with Gasteiger partial charge in [0.1, 0.15) is 6.04 Å². The first-order chi connectivity index (χ1) is 11.0. The predicted molar refractivity (Wildman–Crippen MR) is 91.1 cm³/mol. The average Bonchev–Trinajstić information content (AvgIpc) is 2.53. The van der Waals surface area contributed by atoms with E-state index >= 15 is 0 Å². The first-order valence-electron chi connectivity index (χ1n) is 8.26. The molecule has 0 unspecified atom stereocenters. The molecule has 5 heteroatoms. The highest BCUT2D eigenvalue weighted by Gasteiger charge is 2.35. The molecule has 2 amide bonds.